The molecule has 2 aromatic rings. The van der Waals surface area contributed by atoms with Gasteiger partial charge < -0.3 is 21.7 Å². The van der Waals surface area contributed by atoms with Crippen molar-refractivity contribution in [2.45, 2.75) is 49.7 Å². The fraction of sp³-hybridized carbons (Fsp3) is 0.400. The fourth-order valence-electron chi connectivity index (χ4n) is 6.61. The summed E-state index contributed by atoms with van der Waals surface area (Å²) in [7, 11) is 1.82. The highest BCUT2D eigenvalue weighted by Gasteiger charge is 2.54. The zero-order valence-corrected chi connectivity index (χ0v) is 23.2. The van der Waals surface area contributed by atoms with E-state index in [1.807, 2.05) is 37.4 Å². The lowest BCUT2D eigenvalue weighted by Crippen LogP contribution is -2.46. The van der Waals surface area contributed by atoms with Gasteiger partial charge in [0.25, 0.3) is 0 Å². The van der Waals surface area contributed by atoms with Gasteiger partial charge in [-0.3, -0.25) is 14.6 Å². The second-order valence-electron chi connectivity index (χ2n) is 11.0. The number of nitrogens with two attached hydrogens (primary N) is 2. The third-order valence-electron chi connectivity index (χ3n) is 8.69. The Hall–Kier alpha value is -4.56. The van der Waals surface area contributed by atoms with Crippen LogP contribution in [-0.2, 0) is 23.2 Å². The van der Waals surface area contributed by atoms with Crippen LogP contribution in [0.25, 0.3) is 5.70 Å². The number of nitriles is 1. The van der Waals surface area contributed by atoms with Crippen LogP contribution < -0.4 is 16.8 Å². The van der Waals surface area contributed by atoms with E-state index in [0.717, 1.165) is 40.7 Å². The van der Waals surface area contributed by atoms with Crippen molar-refractivity contribution in [3.63, 3.8) is 0 Å². The average molecular weight is 554 g/mol. The Bertz CT molecular complexity index is 1410. The molecule has 0 radical (unpaired) electrons. The number of hydrogen-bond donors (Lipinski definition) is 3. The molecule has 11 nitrogen and oxygen atoms in total. The molecule has 2 aromatic carbocycles. The van der Waals surface area contributed by atoms with Crippen LogP contribution in [0.4, 0.5) is 0 Å². The van der Waals surface area contributed by atoms with Crippen molar-refractivity contribution in [1.29, 1.82) is 5.26 Å². The first-order chi connectivity index (χ1) is 19.7. The number of benzene rings is 2. The number of amides is 2. The van der Waals surface area contributed by atoms with Gasteiger partial charge >= 0.3 is 0 Å². The fourth-order valence-corrected chi connectivity index (χ4v) is 6.61. The highest BCUT2D eigenvalue weighted by atomic mass is 16.2. The minimum atomic E-state index is -0.847. The van der Waals surface area contributed by atoms with Crippen LogP contribution in [0.5, 0.6) is 0 Å². The number of nitrogens with one attached hydrogen (secondary N) is 1. The van der Waals surface area contributed by atoms with Crippen LogP contribution >= 0.6 is 0 Å². The molecule has 0 bridgehead atoms. The molecule has 1 heterocycles. The van der Waals surface area contributed by atoms with E-state index in [-0.39, 0.29) is 24.5 Å². The van der Waals surface area contributed by atoms with Crippen LogP contribution in [0.1, 0.15) is 57.4 Å². The number of piperidine rings is 1. The Balaban J connectivity index is 1.52. The number of carbonyl (C=O) groups excluding carboxylic acids is 2. The quantitative estimate of drug-likeness (QED) is 0.177. The molecule has 0 spiro atoms. The maximum atomic E-state index is 13.1. The highest BCUT2D eigenvalue weighted by Crippen LogP contribution is 2.48. The molecule has 2 fully saturated rings. The number of nitrogens with zero attached hydrogens (tertiary/aromatic N) is 6. The number of hydrogen-bond acceptors (Lipinski definition) is 7. The Morgan fingerprint density at radius 1 is 1.15 bits per heavy atom. The van der Waals surface area contributed by atoms with Crippen molar-refractivity contribution in [3.8, 4) is 6.07 Å². The number of primary amides is 1. The zero-order valence-electron chi connectivity index (χ0n) is 23.2. The van der Waals surface area contributed by atoms with Crippen molar-refractivity contribution >= 4 is 24.2 Å². The van der Waals surface area contributed by atoms with Gasteiger partial charge in [0.2, 0.25) is 11.8 Å². The Morgan fingerprint density at radius 3 is 2.41 bits per heavy atom. The lowest BCUT2D eigenvalue weighted by atomic mass is 9.76. The summed E-state index contributed by atoms with van der Waals surface area (Å²) < 4.78 is 0. The van der Waals surface area contributed by atoms with Gasteiger partial charge in [0, 0.05) is 31.1 Å². The lowest BCUT2D eigenvalue weighted by molar-refractivity contribution is -0.131. The molecule has 1 saturated carbocycles. The van der Waals surface area contributed by atoms with Crippen LogP contribution in [0.15, 0.2) is 58.5 Å². The van der Waals surface area contributed by atoms with Crippen molar-refractivity contribution in [3.05, 3.63) is 76.4 Å². The third kappa shape index (κ3) is 5.07. The summed E-state index contributed by atoms with van der Waals surface area (Å²) >= 11 is 0. The summed E-state index contributed by atoms with van der Waals surface area (Å²) in [6.07, 6.45) is 3.60. The summed E-state index contributed by atoms with van der Waals surface area (Å²) in [5.74, 6) is -0.0945. The third-order valence-corrected chi connectivity index (χ3v) is 8.69. The second-order valence-corrected chi connectivity index (χ2v) is 11.0. The predicted molar refractivity (Wildman–Crippen MR) is 155 cm³/mol. The molecule has 0 aromatic heterocycles. The summed E-state index contributed by atoms with van der Waals surface area (Å²) in [6.45, 7) is 7.92. The molecule has 1 aliphatic heterocycles. The van der Waals surface area contributed by atoms with Gasteiger partial charge in [0.15, 0.2) is 0 Å². The Morgan fingerprint density at radius 2 is 1.80 bits per heavy atom. The van der Waals surface area contributed by atoms with E-state index >= 15 is 0 Å². The SMILES string of the molecule is C=N/N=N\N(C)C1(CCNCC(=O)N2C3C[C@H]3C[C@H]2C#N)c2ccc(C(=C)N)cc2CCc2cc(C(N)=O)ccc21. The molecule has 2 aliphatic carbocycles. The normalized spacial score (nSPS) is 24.0. The van der Waals surface area contributed by atoms with Crippen molar-refractivity contribution in [1.82, 2.24) is 15.2 Å². The van der Waals surface area contributed by atoms with Gasteiger partial charge in [0.1, 0.15) is 11.6 Å². The van der Waals surface area contributed by atoms with Gasteiger partial charge in [-0.25, -0.2) is 0 Å². The summed E-state index contributed by atoms with van der Waals surface area (Å²) in [5.41, 5.74) is 16.5. The molecule has 5 rings (SSSR count). The predicted octanol–water partition coefficient (Wildman–Crippen LogP) is 2.46. The van der Waals surface area contributed by atoms with Gasteiger partial charge in [0.05, 0.1) is 12.6 Å². The molecule has 4 atom stereocenters. The number of fused-ring (bicyclic) bond motifs is 3. The Kier molecular flexibility index (Phi) is 7.60. The standard InChI is InChI=1S/C30H35N9O2/c1-18(32)19-6-8-25-20(12-19)4-5-21-13-22(29(33)41)7-9-26(21)30(25,38(3)37-36-34-2)10-11-35-17-28(40)39-24(16-31)14-23-15-27(23)39/h6-9,12-13,23-24,27,35H,1-2,4-5,10-11,14-15,17,32H2,3H3,(H2,33,41)/b37-36-/t23-,24+,27?,30?/m1/s1. The molecule has 41 heavy (non-hydrogen) atoms. The van der Waals surface area contributed by atoms with Crippen LogP contribution in [-0.4, -0.2) is 60.7 Å². The molecule has 3 aliphatic rings. The smallest absolute Gasteiger partial charge is 0.248 e. The number of carbonyl (C=O) groups is 2. The minimum Gasteiger partial charge on any atom is -0.399 e. The van der Waals surface area contributed by atoms with Crippen molar-refractivity contribution < 1.29 is 9.59 Å². The molecule has 2 amide bonds. The lowest BCUT2D eigenvalue weighted by Gasteiger charge is -2.42. The van der Waals surface area contributed by atoms with Gasteiger partial charge in [-0.1, -0.05) is 30.0 Å². The summed E-state index contributed by atoms with van der Waals surface area (Å²) in [5, 5.41) is 26.4. The molecule has 212 valence electrons. The highest BCUT2D eigenvalue weighted by molar-refractivity contribution is 5.93. The Labute approximate surface area is 239 Å². The molecule has 11 heteroatoms. The van der Waals surface area contributed by atoms with Gasteiger partial charge in [-0.15, -0.1) is 5.10 Å². The number of rotatable bonds is 10. The zero-order chi connectivity index (χ0) is 29.3. The van der Waals surface area contributed by atoms with E-state index in [2.05, 4.69) is 40.2 Å². The van der Waals surface area contributed by atoms with Gasteiger partial charge in [-0.2, -0.15) is 5.26 Å². The molecule has 1 saturated heterocycles. The first kappa shape index (κ1) is 28.0. The molecular weight excluding hydrogens is 518 g/mol. The molecular formula is C30H35N9O2. The first-order valence-electron chi connectivity index (χ1n) is 13.7. The first-order valence-corrected chi connectivity index (χ1v) is 13.7. The van der Waals surface area contributed by atoms with E-state index in [0.29, 0.717) is 43.0 Å². The van der Waals surface area contributed by atoms with E-state index in [9.17, 15) is 14.9 Å². The van der Waals surface area contributed by atoms with Crippen molar-refractivity contribution in [2.24, 2.45) is 32.9 Å². The van der Waals surface area contributed by atoms with E-state index in [1.54, 1.807) is 16.0 Å². The maximum Gasteiger partial charge on any atom is 0.248 e. The van der Waals surface area contributed by atoms with E-state index < -0.39 is 11.4 Å². The molecule has 2 unspecified atom stereocenters. The number of aryl methyl sites for hydroxylation is 2. The number of likely N-dealkylation sites (tertiary alicyclic amines) is 1. The largest absolute Gasteiger partial charge is 0.399 e. The maximum absolute atomic E-state index is 13.1. The summed E-state index contributed by atoms with van der Waals surface area (Å²) in [4.78, 5) is 26.9. The van der Waals surface area contributed by atoms with Crippen molar-refractivity contribution in [2.75, 3.05) is 20.1 Å². The van der Waals surface area contributed by atoms with E-state index in [4.69, 9.17) is 11.5 Å². The average Bonchev–Trinajstić information content (AvgIpc) is 3.66. The minimum absolute atomic E-state index is 0.0571. The summed E-state index contributed by atoms with van der Waals surface area (Å²) in [6, 6.07) is 13.6. The van der Waals surface area contributed by atoms with Gasteiger partial charge in [-0.05, 0) is 95.8 Å². The molecule has 5 N–H and O–H groups in total. The second kappa shape index (κ2) is 11.1. The van der Waals surface area contributed by atoms with Crippen LogP contribution in [0, 0.1) is 17.2 Å². The van der Waals surface area contributed by atoms with Crippen LogP contribution in [0.3, 0.4) is 0 Å². The van der Waals surface area contributed by atoms with E-state index in [1.165, 1.54) is 0 Å². The topological polar surface area (TPSA) is 166 Å². The monoisotopic (exact) mass is 553 g/mol. The van der Waals surface area contributed by atoms with Crippen LogP contribution in [0.2, 0.25) is 0 Å².